The molecule has 1 heterocycles. The van der Waals surface area contributed by atoms with E-state index in [0.29, 0.717) is 0 Å². The van der Waals surface area contributed by atoms with Crippen LogP contribution >= 0.6 is 0 Å². The molecule has 2 unspecified atom stereocenters. The molecular weight excluding hydrogens is 170 g/mol. The lowest BCUT2D eigenvalue weighted by atomic mass is 9.78. The van der Waals surface area contributed by atoms with Gasteiger partial charge in [-0.25, -0.2) is 0 Å². The van der Waals surface area contributed by atoms with Gasteiger partial charge in [-0.2, -0.15) is 0 Å². The van der Waals surface area contributed by atoms with Crippen molar-refractivity contribution >= 4 is 5.69 Å². The molecule has 0 aromatic heterocycles. The van der Waals surface area contributed by atoms with Crippen molar-refractivity contribution in [1.29, 1.82) is 0 Å². The van der Waals surface area contributed by atoms with E-state index in [4.69, 9.17) is 0 Å². The molecule has 3 atom stereocenters. The van der Waals surface area contributed by atoms with Crippen LogP contribution in [0.25, 0.3) is 0 Å². The second-order valence-corrected chi connectivity index (χ2v) is 4.86. The lowest BCUT2D eigenvalue weighted by Gasteiger charge is -2.29. The summed E-state index contributed by atoms with van der Waals surface area (Å²) in [5.41, 5.74) is 2.95. The highest BCUT2D eigenvalue weighted by atomic mass is 15.0. The number of benzene rings is 1. The Balaban J connectivity index is 1.94. The first-order valence-corrected chi connectivity index (χ1v) is 5.70. The molecule has 1 nitrogen and oxygen atoms in total. The number of hydrogen-bond donors (Lipinski definition) is 1. The summed E-state index contributed by atoms with van der Waals surface area (Å²) in [5.74, 6) is 1.69. The molecule has 74 valence electrons. The highest BCUT2D eigenvalue weighted by Crippen LogP contribution is 2.44. The van der Waals surface area contributed by atoms with Crippen molar-refractivity contribution in [3.05, 3.63) is 29.8 Å². The standard InChI is InChI=1S/C13H17N/c1-9-6-7-11-10-4-2-3-5-12(10)14-13(11)8-9/h2-5,9,11,13-14H,6-8H2,1H3/t9-,11?,13?/m1/s1. The van der Waals surface area contributed by atoms with Gasteiger partial charge in [0, 0.05) is 17.6 Å². The van der Waals surface area contributed by atoms with Crippen LogP contribution in [0, 0.1) is 5.92 Å². The van der Waals surface area contributed by atoms with Crippen molar-refractivity contribution in [2.75, 3.05) is 5.32 Å². The van der Waals surface area contributed by atoms with E-state index in [-0.39, 0.29) is 0 Å². The Kier molecular flexibility index (Phi) is 1.79. The SMILES string of the molecule is C[C@@H]1CCC2c3ccccc3NC2C1. The molecule has 1 aliphatic carbocycles. The summed E-state index contributed by atoms with van der Waals surface area (Å²) >= 11 is 0. The molecular formula is C13H17N. The van der Waals surface area contributed by atoms with E-state index in [1.807, 2.05) is 0 Å². The zero-order valence-corrected chi connectivity index (χ0v) is 8.66. The fourth-order valence-corrected chi connectivity index (χ4v) is 3.06. The normalized spacial score (nSPS) is 34.5. The van der Waals surface area contributed by atoms with Gasteiger partial charge in [0.1, 0.15) is 0 Å². The van der Waals surface area contributed by atoms with Crippen molar-refractivity contribution in [3.63, 3.8) is 0 Å². The van der Waals surface area contributed by atoms with Crippen LogP contribution in [0.5, 0.6) is 0 Å². The number of anilines is 1. The Hall–Kier alpha value is -0.980. The van der Waals surface area contributed by atoms with E-state index in [1.165, 1.54) is 24.9 Å². The van der Waals surface area contributed by atoms with E-state index in [2.05, 4.69) is 36.5 Å². The molecule has 3 rings (SSSR count). The van der Waals surface area contributed by atoms with Gasteiger partial charge in [-0.1, -0.05) is 25.1 Å². The molecule has 0 spiro atoms. The van der Waals surface area contributed by atoms with Gasteiger partial charge < -0.3 is 5.32 Å². The van der Waals surface area contributed by atoms with E-state index in [9.17, 15) is 0 Å². The second-order valence-electron chi connectivity index (χ2n) is 4.86. The van der Waals surface area contributed by atoms with Crippen LogP contribution in [0.1, 0.15) is 37.7 Å². The smallest absolute Gasteiger partial charge is 0.0378 e. The molecule has 0 amide bonds. The van der Waals surface area contributed by atoms with Gasteiger partial charge in [-0.15, -0.1) is 0 Å². The number of hydrogen-bond acceptors (Lipinski definition) is 1. The van der Waals surface area contributed by atoms with Crippen molar-refractivity contribution < 1.29 is 0 Å². The molecule has 0 bridgehead atoms. The van der Waals surface area contributed by atoms with Crippen molar-refractivity contribution in [3.8, 4) is 0 Å². The molecule has 0 saturated heterocycles. The predicted molar refractivity (Wildman–Crippen MR) is 59.6 cm³/mol. The molecule has 2 aliphatic rings. The minimum absolute atomic E-state index is 0.719. The third kappa shape index (κ3) is 1.15. The Labute approximate surface area is 85.5 Å². The highest BCUT2D eigenvalue weighted by molar-refractivity contribution is 5.59. The Morgan fingerprint density at radius 1 is 1.21 bits per heavy atom. The van der Waals surface area contributed by atoms with Crippen LogP contribution in [0.15, 0.2) is 24.3 Å². The van der Waals surface area contributed by atoms with Crippen molar-refractivity contribution in [1.82, 2.24) is 0 Å². The van der Waals surface area contributed by atoms with Gasteiger partial charge in [0.05, 0.1) is 0 Å². The van der Waals surface area contributed by atoms with E-state index < -0.39 is 0 Å². The summed E-state index contributed by atoms with van der Waals surface area (Å²) in [6.45, 7) is 2.38. The van der Waals surface area contributed by atoms with Crippen LogP contribution in [-0.2, 0) is 0 Å². The Morgan fingerprint density at radius 2 is 2.07 bits per heavy atom. The molecule has 1 aromatic carbocycles. The largest absolute Gasteiger partial charge is 0.381 e. The van der Waals surface area contributed by atoms with Gasteiger partial charge in [0.2, 0.25) is 0 Å². The first-order valence-electron chi connectivity index (χ1n) is 5.70. The van der Waals surface area contributed by atoms with E-state index >= 15 is 0 Å². The van der Waals surface area contributed by atoms with Gasteiger partial charge in [0.25, 0.3) is 0 Å². The van der Waals surface area contributed by atoms with Crippen LogP contribution < -0.4 is 5.32 Å². The van der Waals surface area contributed by atoms with Crippen LogP contribution in [0.2, 0.25) is 0 Å². The number of nitrogens with one attached hydrogen (secondary N) is 1. The van der Waals surface area contributed by atoms with E-state index in [0.717, 1.165) is 17.9 Å². The van der Waals surface area contributed by atoms with Crippen molar-refractivity contribution in [2.24, 2.45) is 5.92 Å². The first kappa shape index (κ1) is 8.34. The Bertz CT molecular complexity index is 345. The fraction of sp³-hybridized carbons (Fsp3) is 0.538. The number of rotatable bonds is 0. The zero-order valence-electron chi connectivity index (χ0n) is 8.66. The average molecular weight is 187 g/mol. The maximum atomic E-state index is 3.67. The third-order valence-corrected chi connectivity index (χ3v) is 3.81. The van der Waals surface area contributed by atoms with Gasteiger partial charge >= 0.3 is 0 Å². The summed E-state index contributed by atoms with van der Waals surface area (Å²) in [6, 6.07) is 9.53. The molecule has 1 fully saturated rings. The van der Waals surface area contributed by atoms with Crippen LogP contribution in [0.3, 0.4) is 0 Å². The first-order chi connectivity index (χ1) is 6.84. The maximum absolute atomic E-state index is 3.67. The van der Waals surface area contributed by atoms with Crippen molar-refractivity contribution in [2.45, 2.75) is 38.1 Å². The average Bonchev–Trinajstić information content (AvgIpc) is 2.54. The molecule has 1 saturated carbocycles. The van der Waals surface area contributed by atoms with Gasteiger partial charge in [0.15, 0.2) is 0 Å². The maximum Gasteiger partial charge on any atom is 0.0378 e. The number of para-hydroxylation sites is 1. The topological polar surface area (TPSA) is 12.0 Å². The number of fused-ring (bicyclic) bond motifs is 3. The molecule has 0 radical (unpaired) electrons. The summed E-state index contributed by atoms with van der Waals surface area (Å²) < 4.78 is 0. The fourth-order valence-electron chi connectivity index (χ4n) is 3.06. The molecule has 1 aromatic rings. The second kappa shape index (κ2) is 3.01. The summed E-state index contributed by atoms with van der Waals surface area (Å²) in [4.78, 5) is 0. The lowest BCUT2D eigenvalue weighted by molar-refractivity contribution is 0.332. The van der Waals surface area contributed by atoms with Crippen LogP contribution in [-0.4, -0.2) is 6.04 Å². The highest BCUT2D eigenvalue weighted by Gasteiger charge is 2.35. The monoisotopic (exact) mass is 187 g/mol. The lowest BCUT2D eigenvalue weighted by Crippen LogP contribution is -2.27. The summed E-state index contributed by atoms with van der Waals surface area (Å²) in [5, 5.41) is 3.67. The molecule has 1 heteroatoms. The van der Waals surface area contributed by atoms with Crippen LogP contribution in [0.4, 0.5) is 5.69 Å². The Morgan fingerprint density at radius 3 is 3.00 bits per heavy atom. The summed E-state index contributed by atoms with van der Waals surface area (Å²) in [7, 11) is 0. The van der Waals surface area contributed by atoms with E-state index in [1.54, 1.807) is 5.56 Å². The minimum Gasteiger partial charge on any atom is -0.381 e. The summed E-state index contributed by atoms with van der Waals surface area (Å²) in [6.07, 6.45) is 4.12. The molecule has 14 heavy (non-hydrogen) atoms. The van der Waals surface area contributed by atoms with Gasteiger partial charge in [-0.05, 0) is 36.8 Å². The predicted octanol–water partition coefficient (Wildman–Crippen LogP) is 3.38. The minimum atomic E-state index is 0.719. The zero-order chi connectivity index (χ0) is 9.54. The third-order valence-electron chi connectivity index (χ3n) is 3.81. The molecule has 1 N–H and O–H groups in total. The quantitative estimate of drug-likeness (QED) is 0.656. The molecule has 1 aliphatic heterocycles. The van der Waals surface area contributed by atoms with Gasteiger partial charge in [-0.3, -0.25) is 0 Å².